The zero-order valence-electron chi connectivity index (χ0n) is 17.3. The Kier molecular flexibility index (Phi) is 8.04. The van der Waals surface area contributed by atoms with Gasteiger partial charge < -0.3 is 10.1 Å². The highest BCUT2D eigenvalue weighted by Crippen LogP contribution is 2.16. The number of amides is 1. The number of aromatic nitrogens is 2. The molecule has 2 aromatic rings. The van der Waals surface area contributed by atoms with Crippen molar-refractivity contribution in [2.75, 3.05) is 6.61 Å². The fourth-order valence-electron chi connectivity index (χ4n) is 3.12. The van der Waals surface area contributed by atoms with Crippen LogP contribution in [-0.2, 0) is 35.6 Å². The lowest BCUT2D eigenvalue weighted by molar-refractivity contribution is -0.121. The van der Waals surface area contributed by atoms with E-state index in [2.05, 4.69) is 35.9 Å². The Labute approximate surface area is 163 Å². The molecule has 0 radical (unpaired) electrons. The number of benzene rings is 1. The second-order valence-electron chi connectivity index (χ2n) is 7.46. The van der Waals surface area contributed by atoms with Crippen LogP contribution in [0, 0.1) is 19.8 Å². The average molecular weight is 372 g/mol. The molecule has 0 saturated heterocycles. The van der Waals surface area contributed by atoms with Crippen molar-refractivity contribution in [3.63, 3.8) is 0 Å². The summed E-state index contributed by atoms with van der Waals surface area (Å²) in [5.41, 5.74) is 5.66. The zero-order chi connectivity index (χ0) is 19.8. The lowest BCUT2D eigenvalue weighted by Gasteiger charge is -2.09. The molecule has 1 aromatic heterocycles. The summed E-state index contributed by atoms with van der Waals surface area (Å²) in [7, 11) is 0. The molecule has 0 saturated carbocycles. The van der Waals surface area contributed by atoms with Crippen LogP contribution in [0.1, 0.15) is 55.3 Å². The first-order valence-corrected chi connectivity index (χ1v) is 9.85. The van der Waals surface area contributed by atoms with Gasteiger partial charge in [-0.2, -0.15) is 5.10 Å². The molecule has 0 fully saturated rings. The second-order valence-corrected chi connectivity index (χ2v) is 7.46. The Balaban J connectivity index is 1.82. The molecule has 0 aliphatic carbocycles. The summed E-state index contributed by atoms with van der Waals surface area (Å²) in [6.07, 6.45) is 1.21. The van der Waals surface area contributed by atoms with Crippen molar-refractivity contribution in [1.29, 1.82) is 0 Å². The number of nitrogens with zero attached hydrogens (tertiary/aromatic N) is 2. The maximum Gasteiger partial charge on any atom is 0.220 e. The summed E-state index contributed by atoms with van der Waals surface area (Å²) in [6, 6.07) is 8.18. The van der Waals surface area contributed by atoms with Crippen LogP contribution >= 0.6 is 0 Å². The van der Waals surface area contributed by atoms with Gasteiger partial charge in [0.05, 0.1) is 12.3 Å². The summed E-state index contributed by atoms with van der Waals surface area (Å²) in [5, 5.41) is 7.64. The van der Waals surface area contributed by atoms with Gasteiger partial charge in [0.2, 0.25) is 5.91 Å². The van der Waals surface area contributed by atoms with E-state index in [4.69, 9.17) is 4.74 Å². The van der Waals surface area contributed by atoms with Crippen molar-refractivity contribution in [1.82, 2.24) is 15.1 Å². The molecule has 5 heteroatoms. The van der Waals surface area contributed by atoms with Crippen LogP contribution in [0.2, 0.25) is 0 Å². The lowest BCUT2D eigenvalue weighted by Crippen LogP contribution is -2.23. The van der Waals surface area contributed by atoms with Gasteiger partial charge in [0.15, 0.2) is 0 Å². The molecule has 5 nitrogen and oxygen atoms in total. The smallest absolute Gasteiger partial charge is 0.220 e. The Morgan fingerprint density at radius 2 is 1.85 bits per heavy atom. The minimum Gasteiger partial charge on any atom is -0.377 e. The molecule has 0 bridgehead atoms. The quantitative estimate of drug-likeness (QED) is 0.688. The van der Waals surface area contributed by atoms with Crippen LogP contribution in [0.25, 0.3) is 0 Å². The topological polar surface area (TPSA) is 56.1 Å². The first kappa shape index (κ1) is 21.2. The number of carbonyl (C=O) groups is 1. The van der Waals surface area contributed by atoms with Gasteiger partial charge >= 0.3 is 0 Å². The van der Waals surface area contributed by atoms with Gasteiger partial charge in [0.1, 0.15) is 0 Å². The van der Waals surface area contributed by atoms with Crippen LogP contribution in [0.15, 0.2) is 24.3 Å². The molecular formula is C22H33N3O2. The first-order valence-electron chi connectivity index (χ1n) is 9.85. The Hall–Kier alpha value is -2.14. The van der Waals surface area contributed by atoms with E-state index >= 15 is 0 Å². The molecule has 27 heavy (non-hydrogen) atoms. The number of rotatable bonds is 10. The standard InChI is InChI=1S/C22H33N3O2/c1-6-27-15-20-9-7-19(8-10-20)13-23-22(26)12-11-21-17(4)24-25(18(21)5)14-16(2)3/h7-10,16H,6,11-15H2,1-5H3,(H,23,26). The number of aryl methyl sites for hydroxylation is 1. The summed E-state index contributed by atoms with van der Waals surface area (Å²) in [5.74, 6) is 0.628. The summed E-state index contributed by atoms with van der Waals surface area (Å²) in [4.78, 5) is 12.2. The summed E-state index contributed by atoms with van der Waals surface area (Å²) in [6.45, 7) is 13.3. The predicted molar refractivity (Wildman–Crippen MR) is 108 cm³/mol. The molecule has 0 unspecified atom stereocenters. The van der Waals surface area contributed by atoms with E-state index < -0.39 is 0 Å². The van der Waals surface area contributed by atoms with E-state index in [1.807, 2.05) is 38.1 Å². The summed E-state index contributed by atoms with van der Waals surface area (Å²) >= 11 is 0. The Morgan fingerprint density at radius 3 is 2.48 bits per heavy atom. The van der Waals surface area contributed by atoms with Crippen molar-refractivity contribution < 1.29 is 9.53 Å². The number of hydrogen-bond donors (Lipinski definition) is 1. The third kappa shape index (κ3) is 6.51. The molecule has 1 amide bonds. The maximum atomic E-state index is 12.2. The SMILES string of the molecule is CCOCc1ccc(CNC(=O)CCc2c(C)nn(CC(C)C)c2C)cc1. The largest absolute Gasteiger partial charge is 0.377 e. The van der Waals surface area contributed by atoms with Crippen LogP contribution < -0.4 is 5.32 Å². The van der Waals surface area contributed by atoms with Gasteiger partial charge in [-0.1, -0.05) is 38.1 Å². The molecule has 0 spiro atoms. The molecular weight excluding hydrogens is 338 g/mol. The lowest BCUT2D eigenvalue weighted by atomic mass is 10.1. The minimum absolute atomic E-state index is 0.0730. The Morgan fingerprint density at radius 1 is 1.19 bits per heavy atom. The number of hydrogen-bond acceptors (Lipinski definition) is 3. The molecule has 0 aliphatic rings. The van der Waals surface area contributed by atoms with Gasteiger partial charge in [0.25, 0.3) is 0 Å². The van der Waals surface area contributed by atoms with E-state index in [9.17, 15) is 4.79 Å². The highest BCUT2D eigenvalue weighted by molar-refractivity contribution is 5.76. The van der Waals surface area contributed by atoms with Crippen molar-refractivity contribution in [3.05, 3.63) is 52.3 Å². The number of ether oxygens (including phenoxy) is 1. The van der Waals surface area contributed by atoms with Crippen molar-refractivity contribution in [2.45, 2.75) is 67.2 Å². The van der Waals surface area contributed by atoms with Crippen LogP contribution in [0.5, 0.6) is 0 Å². The Bertz CT molecular complexity index is 733. The summed E-state index contributed by atoms with van der Waals surface area (Å²) < 4.78 is 7.46. The molecule has 148 valence electrons. The molecule has 2 rings (SSSR count). The number of nitrogens with one attached hydrogen (secondary N) is 1. The van der Waals surface area contributed by atoms with Gasteiger partial charge in [0, 0.05) is 31.8 Å². The van der Waals surface area contributed by atoms with Gasteiger partial charge in [-0.15, -0.1) is 0 Å². The zero-order valence-corrected chi connectivity index (χ0v) is 17.3. The molecule has 0 atom stereocenters. The highest BCUT2D eigenvalue weighted by Gasteiger charge is 2.13. The molecule has 1 aromatic carbocycles. The normalized spacial score (nSPS) is 11.2. The molecule has 0 aliphatic heterocycles. The predicted octanol–water partition coefficient (Wildman–Crippen LogP) is 3.94. The van der Waals surface area contributed by atoms with E-state index in [1.165, 1.54) is 11.3 Å². The van der Waals surface area contributed by atoms with Gasteiger partial charge in [-0.25, -0.2) is 0 Å². The van der Waals surface area contributed by atoms with Gasteiger partial charge in [-0.3, -0.25) is 9.48 Å². The minimum atomic E-state index is 0.0730. The fraction of sp³-hybridized carbons (Fsp3) is 0.545. The maximum absolute atomic E-state index is 12.2. The van der Waals surface area contributed by atoms with Crippen molar-refractivity contribution >= 4 is 5.91 Å². The first-order chi connectivity index (χ1) is 12.9. The van der Waals surface area contributed by atoms with Crippen molar-refractivity contribution in [2.24, 2.45) is 5.92 Å². The molecule has 1 N–H and O–H groups in total. The molecule has 1 heterocycles. The van der Waals surface area contributed by atoms with Crippen LogP contribution in [0.3, 0.4) is 0 Å². The van der Waals surface area contributed by atoms with E-state index in [-0.39, 0.29) is 5.91 Å². The third-order valence-corrected chi connectivity index (χ3v) is 4.66. The average Bonchev–Trinajstić information content (AvgIpc) is 2.90. The van der Waals surface area contributed by atoms with E-state index in [0.29, 0.717) is 32.1 Å². The number of carbonyl (C=O) groups excluding carboxylic acids is 1. The highest BCUT2D eigenvalue weighted by atomic mass is 16.5. The van der Waals surface area contributed by atoms with E-state index in [1.54, 1.807) is 0 Å². The third-order valence-electron chi connectivity index (χ3n) is 4.66. The van der Waals surface area contributed by atoms with Crippen molar-refractivity contribution in [3.8, 4) is 0 Å². The van der Waals surface area contributed by atoms with E-state index in [0.717, 1.165) is 29.8 Å². The second kappa shape index (κ2) is 10.3. The van der Waals surface area contributed by atoms with Crippen LogP contribution in [0.4, 0.5) is 0 Å². The van der Waals surface area contributed by atoms with Crippen LogP contribution in [-0.4, -0.2) is 22.3 Å². The fourth-order valence-corrected chi connectivity index (χ4v) is 3.12. The van der Waals surface area contributed by atoms with Gasteiger partial charge in [-0.05, 0) is 49.8 Å². The monoisotopic (exact) mass is 371 g/mol.